The van der Waals surface area contributed by atoms with Crippen molar-refractivity contribution in [2.24, 2.45) is 0 Å². The van der Waals surface area contributed by atoms with E-state index in [-0.39, 0.29) is 10.7 Å². The zero-order valence-electron chi connectivity index (χ0n) is 9.73. The molecule has 0 amide bonds. The number of Topliss-reactive ketones (excluding diaryl/α,β-unsaturated/α-hetero) is 1. The number of rotatable bonds is 1. The summed E-state index contributed by atoms with van der Waals surface area (Å²) in [5, 5.41) is 10.6. The number of aromatic amines is 1. The Hall–Kier alpha value is -1.46. The number of nitrogens with one attached hydrogen (secondary N) is 1. The van der Waals surface area contributed by atoms with Crippen LogP contribution < -0.4 is 4.87 Å². The predicted molar refractivity (Wildman–Crippen MR) is 69.8 cm³/mol. The Balaban J connectivity index is 2.03. The molecule has 1 aliphatic rings. The van der Waals surface area contributed by atoms with Gasteiger partial charge in [-0.2, -0.15) is 0 Å². The lowest BCUT2D eigenvalue weighted by atomic mass is 9.79. The molecule has 1 aliphatic carbocycles. The van der Waals surface area contributed by atoms with E-state index < -0.39 is 5.60 Å². The molecule has 1 aromatic heterocycles. The molecule has 18 heavy (non-hydrogen) atoms. The van der Waals surface area contributed by atoms with E-state index in [1.165, 1.54) is 0 Å². The number of aromatic nitrogens is 1. The summed E-state index contributed by atoms with van der Waals surface area (Å²) < 4.78 is 0.888. The van der Waals surface area contributed by atoms with Gasteiger partial charge in [0.2, 0.25) is 0 Å². The van der Waals surface area contributed by atoms with Gasteiger partial charge in [0.1, 0.15) is 5.78 Å². The largest absolute Gasteiger partial charge is 0.385 e. The van der Waals surface area contributed by atoms with E-state index >= 15 is 0 Å². The maximum Gasteiger partial charge on any atom is 0.305 e. The molecule has 2 aromatic rings. The first-order chi connectivity index (χ1) is 8.57. The second kappa shape index (κ2) is 4.03. The van der Waals surface area contributed by atoms with Gasteiger partial charge in [0.05, 0.1) is 15.8 Å². The lowest BCUT2D eigenvalue weighted by Crippen LogP contribution is -2.31. The molecular weight excluding hydrogens is 250 g/mol. The van der Waals surface area contributed by atoms with Crippen molar-refractivity contribution in [3.8, 4) is 0 Å². The van der Waals surface area contributed by atoms with Crippen LogP contribution in [0.1, 0.15) is 31.2 Å². The number of fused-ring (bicyclic) bond motifs is 1. The monoisotopic (exact) mass is 263 g/mol. The van der Waals surface area contributed by atoms with Gasteiger partial charge in [-0.1, -0.05) is 17.4 Å². The molecule has 1 heterocycles. The fourth-order valence-corrected chi connectivity index (χ4v) is 3.19. The summed E-state index contributed by atoms with van der Waals surface area (Å²) in [7, 11) is 0. The van der Waals surface area contributed by atoms with E-state index in [9.17, 15) is 14.7 Å². The second-order valence-corrected chi connectivity index (χ2v) is 5.81. The van der Waals surface area contributed by atoms with Crippen LogP contribution in [0.15, 0.2) is 23.0 Å². The molecule has 0 atom stereocenters. The normalized spacial score (nSPS) is 19.3. The number of hydrogen-bond donors (Lipinski definition) is 2. The van der Waals surface area contributed by atoms with Crippen molar-refractivity contribution in [3.63, 3.8) is 0 Å². The third kappa shape index (κ3) is 1.89. The van der Waals surface area contributed by atoms with Crippen molar-refractivity contribution in [2.75, 3.05) is 0 Å². The Labute approximate surface area is 107 Å². The van der Waals surface area contributed by atoms with Crippen LogP contribution in [-0.4, -0.2) is 15.9 Å². The Kier molecular flexibility index (Phi) is 2.60. The molecule has 1 fully saturated rings. The van der Waals surface area contributed by atoms with Crippen LogP contribution in [0.5, 0.6) is 0 Å². The topological polar surface area (TPSA) is 70.2 Å². The number of hydrogen-bond acceptors (Lipinski definition) is 4. The maximum atomic E-state index is 11.3. The summed E-state index contributed by atoms with van der Waals surface area (Å²) in [4.78, 5) is 25.2. The SMILES string of the molecule is O=C1CCC(O)(c2ccc3sc(=O)[nH]c3c2)CC1. The number of thiazole rings is 1. The minimum absolute atomic E-state index is 0.0899. The highest BCUT2D eigenvalue weighted by molar-refractivity contribution is 7.16. The molecule has 0 aliphatic heterocycles. The van der Waals surface area contributed by atoms with E-state index in [1.54, 1.807) is 0 Å². The van der Waals surface area contributed by atoms with Gasteiger partial charge in [0, 0.05) is 12.8 Å². The summed E-state index contributed by atoms with van der Waals surface area (Å²) in [6.45, 7) is 0. The highest BCUT2D eigenvalue weighted by Crippen LogP contribution is 2.36. The predicted octanol–water partition coefficient (Wildman–Crippen LogP) is 1.92. The van der Waals surface area contributed by atoms with Crippen LogP contribution in [0.4, 0.5) is 0 Å². The maximum absolute atomic E-state index is 11.3. The Morgan fingerprint density at radius 3 is 2.67 bits per heavy atom. The van der Waals surface area contributed by atoms with Gasteiger partial charge in [-0.25, -0.2) is 0 Å². The minimum Gasteiger partial charge on any atom is -0.385 e. The van der Waals surface area contributed by atoms with Crippen molar-refractivity contribution in [1.29, 1.82) is 0 Å². The van der Waals surface area contributed by atoms with Crippen molar-refractivity contribution in [1.82, 2.24) is 4.98 Å². The van der Waals surface area contributed by atoms with Gasteiger partial charge in [-0.05, 0) is 30.5 Å². The lowest BCUT2D eigenvalue weighted by Gasteiger charge is -2.31. The minimum atomic E-state index is -0.930. The Morgan fingerprint density at radius 1 is 1.22 bits per heavy atom. The van der Waals surface area contributed by atoms with E-state index in [4.69, 9.17) is 0 Å². The average molecular weight is 263 g/mol. The highest BCUT2D eigenvalue weighted by Gasteiger charge is 2.34. The van der Waals surface area contributed by atoms with E-state index in [1.807, 2.05) is 18.2 Å². The number of carbonyl (C=O) groups is 1. The molecule has 0 bridgehead atoms. The fraction of sp³-hybridized carbons (Fsp3) is 0.385. The van der Waals surface area contributed by atoms with E-state index in [2.05, 4.69) is 4.98 Å². The van der Waals surface area contributed by atoms with Crippen LogP contribution in [0.3, 0.4) is 0 Å². The molecule has 0 saturated heterocycles. The molecule has 5 heteroatoms. The first kappa shape index (κ1) is 11.6. The van der Waals surface area contributed by atoms with Crippen LogP contribution >= 0.6 is 11.3 Å². The second-order valence-electron chi connectivity index (χ2n) is 4.80. The Morgan fingerprint density at radius 2 is 1.94 bits per heavy atom. The van der Waals surface area contributed by atoms with Crippen molar-refractivity contribution in [3.05, 3.63) is 33.4 Å². The number of carbonyl (C=O) groups excluding carboxylic acids is 1. The summed E-state index contributed by atoms with van der Waals surface area (Å²) in [6, 6.07) is 5.52. The third-order valence-corrected chi connectivity index (χ3v) is 4.45. The first-order valence-electron chi connectivity index (χ1n) is 5.94. The smallest absolute Gasteiger partial charge is 0.305 e. The fourth-order valence-electron chi connectivity index (χ4n) is 2.47. The zero-order valence-corrected chi connectivity index (χ0v) is 10.5. The average Bonchev–Trinajstić information content (AvgIpc) is 2.72. The summed E-state index contributed by atoms with van der Waals surface area (Å²) in [5.74, 6) is 0.213. The number of ketones is 1. The standard InChI is InChI=1S/C13H13NO3S/c15-9-3-5-13(17,6-4-9)8-1-2-11-10(7-8)14-12(16)18-11/h1-2,7,17H,3-6H2,(H,14,16). The molecule has 94 valence electrons. The molecule has 0 spiro atoms. The Bertz CT molecular complexity index is 660. The van der Waals surface area contributed by atoms with Crippen LogP contribution in [0.2, 0.25) is 0 Å². The summed E-state index contributed by atoms with van der Waals surface area (Å²) in [6.07, 6.45) is 1.78. The molecule has 4 nitrogen and oxygen atoms in total. The third-order valence-electron chi connectivity index (χ3n) is 3.59. The van der Waals surface area contributed by atoms with Crippen LogP contribution in [0, 0.1) is 0 Å². The molecule has 3 rings (SSSR count). The number of H-pyrrole nitrogens is 1. The molecular formula is C13H13NO3S. The van der Waals surface area contributed by atoms with Gasteiger partial charge in [0.15, 0.2) is 0 Å². The quantitative estimate of drug-likeness (QED) is 0.825. The van der Waals surface area contributed by atoms with Gasteiger partial charge >= 0.3 is 4.87 Å². The highest BCUT2D eigenvalue weighted by atomic mass is 32.1. The molecule has 1 aromatic carbocycles. The van der Waals surface area contributed by atoms with Crippen LogP contribution in [0.25, 0.3) is 10.2 Å². The van der Waals surface area contributed by atoms with Gasteiger partial charge in [-0.15, -0.1) is 0 Å². The summed E-state index contributed by atoms with van der Waals surface area (Å²) in [5.41, 5.74) is 0.616. The van der Waals surface area contributed by atoms with Crippen molar-refractivity contribution < 1.29 is 9.90 Å². The number of benzene rings is 1. The molecule has 1 saturated carbocycles. The van der Waals surface area contributed by atoms with Crippen LogP contribution in [-0.2, 0) is 10.4 Å². The molecule has 0 unspecified atom stereocenters. The molecule has 0 radical (unpaired) electrons. The van der Waals surface area contributed by atoms with Crippen molar-refractivity contribution >= 4 is 27.3 Å². The van der Waals surface area contributed by atoms with E-state index in [0.717, 1.165) is 27.1 Å². The van der Waals surface area contributed by atoms with Gasteiger partial charge in [0.25, 0.3) is 0 Å². The van der Waals surface area contributed by atoms with E-state index in [0.29, 0.717) is 25.7 Å². The molecule has 2 N–H and O–H groups in total. The first-order valence-corrected chi connectivity index (χ1v) is 6.76. The number of aliphatic hydroxyl groups is 1. The van der Waals surface area contributed by atoms with Gasteiger partial charge in [-0.3, -0.25) is 9.59 Å². The zero-order chi connectivity index (χ0) is 12.8. The van der Waals surface area contributed by atoms with Gasteiger partial charge < -0.3 is 10.1 Å². The lowest BCUT2D eigenvalue weighted by molar-refractivity contribution is -0.125. The van der Waals surface area contributed by atoms with Crippen molar-refractivity contribution in [2.45, 2.75) is 31.3 Å². The summed E-state index contributed by atoms with van der Waals surface area (Å²) >= 11 is 1.16.